The van der Waals surface area contributed by atoms with Gasteiger partial charge in [-0.05, 0) is 80.3 Å². The number of aromatic nitrogens is 3. The fraction of sp³-hybridized carbons (Fsp3) is 0.423. The molecule has 5 rings (SSSR count). The van der Waals surface area contributed by atoms with Crippen molar-refractivity contribution in [3.05, 3.63) is 64.6 Å². The van der Waals surface area contributed by atoms with Crippen LogP contribution in [0, 0.1) is 23.6 Å². The molecule has 2 saturated carbocycles. The smallest absolute Gasteiger partial charge is 0.234 e. The molecule has 3 aromatic rings. The first kappa shape index (κ1) is 24.3. The maximum Gasteiger partial charge on any atom is 0.234 e. The first-order chi connectivity index (χ1) is 17.0. The van der Waals surface area contributed by atoms with Crippen LogP contribution in [-0.4, -0.2) is 26.4 Å². The van der Waals surface area contributed by atoms with Crippen molar-refractivity contribution in [2.24, 2.45) is 17.8 Å². The topological polar surface area (TPSA) is 69.0 Å². The van der Waals surface area contributed by atoms with Crippen molar-refractivity contribution < 1.29 is 13.9 Å². The number of thioether (sulfide) groups is 1. The Morgan fingerprint density at radius 3 is 2.71 bits per heavy atom. The van der Waals surface area contributed by atoms with Crippen LogP contribution < -0.4 is 10.1 Å². The number of rotatable bonds is 9. The summed E-state index contributed by atoms with van der Waals surface area (Å²) >= 11 is 4.77. The minimum absolute atomic E-state index is 0.108. The molecule has 2 aromatic carbocycles. The molecule has 184 valence electrons. The van der Waals surface area contributed by atoms with E-state index < -0.39 is 5.82 Å². The maximum absolute atomic E-state index is 14.1. The molecule has 1 aromatic heterocycles. The summed E-state index contributed by atoms with van der Waals surface area (Å²) in [7, 11) is 0. The lowest BCUT2D eigenvalue weighted by atomic mass is 9.84. The fourth-order valence-corrected chi connectivity index (χ4v) is 6.66. The van der Waals surface area contributed by atoms with Gasteiger partial charge in [-0.25, -0.2) is 4.39 Å². The summed E-state index contributed by atoms with van der Waals surface area (Å²) in [5, 5.41) is 12.4. The Hall–Kier alpha value is -2.39. The molecule has 2 fully saturated rings. The second kappa shape index (κ2) is 10.7. The minimum Gasteiger partial charge on any atom is -0.483 e. The number of para-hydroxylation sites is 1. The highest BCUT2D eigenvalue weighted by Crippen LogP contribution is 2.52. The molecule has 1 amide bonds. The summed E-state index contributed by atoms with van der Waals surface area (Å²) in [5.41, 5.74) is 0.745. The van der Waals surface area contributed by atoms with E-state index in [1.807, 2.05) is 24.3 Å². The zero-order valence-corrected chi connectivity index (χ0v) is 21.9. The average molecular weight is 560 g/mol. The molecule has 0 aliphatic heterocycles. The van der Waals surface area contributed by atoms with Crippen LogP contribution in [0.25, 0.3) is 0 Å². The van der Waals surface area contributed by atoms with Gasteiger partial charge in [0.25, 0.3) is 0 Å². The molecule has 1 N–H and O–H groups in total. The van der Waals surface area contributed by atoms with Crippen LogP contribution >= 0.6 is 27.7 Å². The van der Waals surface area contributed by atoms with Crippen LogP contribution in [0.3, 0.4) is 0 Å². The van der Waals surface area contributed by atoms with E-state index in [2.05, 4.69) is 42.9 Å². The summed E-state index contributed by atoms with van der Waals surface area (Å²) in [6, 6.07) is 14.0. The van der Waals surface area contributed by atoms with Gasteiger partial charge in [0, 0.05) is 16.2 Å². The number of halogens is 2. The highest BCUT2D eigenvalue weighted by molar-refractivity contribution is 9.10. The van der Waals surface area contributed by atoms with E-state index in [1.165, 1.54) is 43.5 Å². The van der Waals surface area contributed by atoms with Crippen molar-refractivity contribution in [3.63, 3.8) is 0 Å². The van der Waals surface area contributed by atoms with Gasteiger partial charge in [-0.2, -0.15) is 0 Å². The van der Waals surface area contributed by atoms with E-state index in [0.717, 1.165) is 22.0 Å². The maximum atomic E-state index is 14.1. The van der Waals surface area contributed by atoms with Crippen molar-refractivity contribution in [1.29, 1.82) is 0 Å². The predicted molar refractivity (Wildman–Crippen MR) is 138 cm³/mol. The number of hydrogen-bond acceptors (Lipinski definition) is 5. The molecule has 4 atom stereocenters. The third kappa shape index (κ3) is 5.56. The van der Waals surface area contributed by atoms with Gasteiger partial charge in [-0.3, -0.25) is 9.36 Å². The van der Waals surface area contributed by atoms with Crippen LogP contribution in [-0.2, 0) is 11.4 Å². The largest absolute Gasteiger partial charge is 0.483 e. The lowest BCUT2D eigenvalue weighted by Gasteiger charge is -2.30. The van der Waals surface area contributed by atoms with Crippen LogP contribution in [0.4, 0.5) is 10.1 Å². The average Bonchev–Trinajstić information content (AvgIpc) is 3.59. The quantitative estimate of drug-likeness (QED) is 0.304. The highest BCUT2D eigenvalue weighted by Gasteiger charge is 2.43. The summed E-state index contributed by atoms with van der Waals surface area (Å²) in [5.74, 6) is 2.63. The Bertz CT molecular complexity index is 1190. The number of hydrogen-bond donors (Lipinski definition) is 1. The molecular formula is C26H28BrFN4O2S. The number of benzene rings is 2. The molecule has 0 spiro atoms. The van der Waals surface area contributed by atoms with Gasteiger partial charge in [0.2, 0.25) is 5.91 Å². The first-order valence-electron chi connectivity index (χ1n) is 12.0. The number of ether oxygens (including phenoxy) is 1. The Balaban J connectivity index is 1.31. The summed E-state index contributed by atoms with van der Waals surface area (Å²) in [6.07, 6.45) is 5.13. The number of fused-ring (bicyclic) bond motifs is 2. The van der Waals surface area contributed by atoms with Gasteiger partial charge >= 0.3 is 0 Å². The number of carbonyl (C=O) groups excluding carboxylic acids is 1. The van der Waals surface area contributed by atoms with E-state index in [0.29, 0.717) is 16.9 Å². The molecule has 1 heterocycles. The Kier molecular flexibility index (Phi) is 7.43. The van der Waals surface area contributed by atoms with Gasteiger partial charge in [0.15, 0.2) is 22.5 Å². The molecule has 6 nitrogen and oxygen atoms in total. The number of carbonyl (C=O) groups is 1. The first-order valence-corrected chi connectivity index (χ1v) is 13.7. The van der Waals surface area contributed by atoms with Crippen LogP contribution in [0.5, 0.6) is 5.75 Å². The zero-order valence-electron chi connectivity index (χ0n) is 19.5. The molecule has 2 aliphatic rings. The highest BCUT2D eigenvalue weighted by atomic mass is 79.9. The number of amides is 1. The van der Waals surface area contributed by atoms with Crippen LogP contribution in [0.2, 0.25) is 0 Å². The molecule has 2 aliphatic carbocycles. The standard InChI is InChI=1S/C26H28BrFN4O2S/c1-16(21-13-17-6-7-18(21)12-17)32-24(14-34-23-5-3-2-4-22(23)28)30-31-26(32)35-15-25(33)29-20-10-8-19(27)9-11-20/h2-5,8-11,16-18,21H,6-7,12-15H2,1H3,(H,29,33). The molecule has 9 heteroatoms. The van der Waals surface area contributed by atoms with Gasteiger partial charge in [-0.15, -0.1) is 10.2 Å². The van der Waals surface area contributed by atoms with Crippen molar-refractivity contribution in [3.8, 4) is 5.75 Å². The van der Waals surface area contributed by atoms with Gasteiger partial charge < -0.3 is 10.1 Å². The lowest BCUT2D eigenvalue weighted by molar-refractivity contribution is -0.113. The molecule has 4 unspecified atom stereocenters. The molecule has 0 radical (unpaired) electrons. The normalized spacial score (nSPS) is 21.7. The van der Waals surface area contributed by atoms with Crippen molar-refractivity contribution in [1.82, 2.24) is 14.8 Å². The van der Waals surface area contributed by atoms with Gasteiger partial charge in [-0.1, -0.05) is 46.2 Å². The lowest BCUT2D eigenvalue weighted by Crippen LogP contribution is -2.25. The minimum atomic E-state index is -0.404. The van der Waals surface area contributed by atoms with Gasteiger partial charge in [0.05, 0.1) is 5.75 Å². The van der Waals surface area contributed by atoms with E-state index in [-0.39, 0.29) is 30.1 Å². The second-order valence-corrected chi connectivity index (χ2v) is 11.3. The Labute approximate surface area is 217 Å². The van der Waals surface area contributed by atoms with Crippen molar-refractivity contribution in [2.75, 3.05) is 11.1 Å². The molecular weight excluding hydrogens is 531 g/mol. The summed E-state index contributed by atoms with van der Waals surface area (Å²) in [4.78, 5) is 12.6. The predicted octanol–water partition coefficient (Wildman–Crippen LogP) is 6.49. The van der Waals surface area contributed by atoms with Crippen molar-refractivity contribution >= 4 is 39.3 Å². The number of nitrogens with one attached hydrogen (secondary N) is 1. The summed E-state index contributed by atoms with van der Waals surface area (Å²) in [6.45, 7) is 2.33. The third-order valence-electron chi connectivity index (χ3n) is 7.21. The Morgan fingerprint density at radius 2 is 2.00 bits per heavy atom. The van der Waals surface area contributed by atoms with Crippen molar-refractivity contribution in [2.45, 2.75) is 50.4 Å². The number of anilines is 1. The Morgan fingerprint density at radius 1 is 1.20 bits per heavy atom. The van der Waals surface area contributed by atoms with Crippen LogP contribution in [0.1, 0.15) is 44.5 Å². The van der Waals surface area contributed by atoms with E-state index in [1.54, 1.807) is 18.2 Å². The molecule has 2 bridgehead atoms. The van der Waals surface area contributed by atoms with E-state index in [4.69, 9.17) is 4.74 Å². The monoisotopic (exact) mass is 558 g/mol. The third-order valence-corrected chi connectivity index (χ3v) is 8.68. The second-order valence-electron chi connectivity index (χ2n) is 9.41. The molecule has 0 saturated heterocycles. The van der Waals surface area contributed by atoms with Gasteiger partial charge in [0.1, 0.15) is 6.61 Å². The number of nitrogens with zero attached hydrogens (tertiary/aromatic N) is 3. The fourth-order valence-electron chi connectivity index (χ4n) is 5.55. The molecule has 35 heavy (non-hydrogen) atoms. The summed E-state index contributed by atoms with van der Waals surface area (Å²) < 4.78 is 22.9. The zero-order chi connectivity index (χ0) is 24.4. The van der Waals surface area contributed by atoms with Crippen LogP contribution in [0.15, 0.2) is 58.2 Å². The van der Waals surface area contributed by atoms with E-state index >= 15 is 0 Å². The van der Waals surface area contributed by atoms with E-state index in [9.17, 15) is 9.18 Å². The SMILES string of the molecule is CC(C1CC2CCC1C2)n1c(COc2ccccc2F)nnc1SCC(=O)Nc1ccc(Br)cc1.